The first kappa shape index (κ1) is 16.0. The highest BCUT2D eigenvalue weighted by Gasteiger charge is 2.31. The third-order valence-corrected chi connectivity index (χ3v) is 4.85. The zero-order valence-electron chi connectivity index (χ0n) is 12.4. The SMILES string of the molecule is CC(NC(=O)c1cccs1)C(=O)N1CC(CO)CCC1C. The van der Waals surface area contributed by atoms with Crippen molar-refractivity contribution in [1.82, 2.24) is 10.2 Å². The first-order chi connectivity index (χ1) is 10.0. The number of likely N-dealkylation sites (tertiary alicyclic amines) is 1. The van der Waals surface area contributed by atoms with E-state index in [0.717, 1.165) is 12.8 Å². The minimum absolute atomic E-state index is 0.0782. The molecule has 1 saturated heterocycles. The summed E-state index contributed by atoms with van der Waals surface area (Å²) in [6.07, 6.45) is 1.83. The molecule has 5 nitrogen and oxygen atoms in total. The molecule has 6 heteroatoms. The Bertz CT molecular complexity index is 489. The van der Waals surface area contributed by atoms with Crippen LogP contribution in [0.1, 0.15) is 36.4 Å². The van der Waals surface area contributed by atoms with E-state index in [9.17, 15) is 14.7 Å². The van der Waals surface area contributed by atoms with E-state index in [4.69, 9.17) is 0 Å². The van der Waals surface area contributed by atoms with E-state index in [1.165, 1.54) is 11.3 Å². The number of aliphatic hydroxyl groups is 1. The molecule has 21 heavy (non-hydrogen) atoms. The molecule has 2 N–H and O–H groups in total. The quantitative estimate of drug-likeness (QED) is 0.885. The van der Waals surface area contributed by atoms with Crippen LogP contribution in [0, 0.1) is 5.92 Å². The van der Waals surface area contributed by atoms with Crippen molar-refractivity contribution in [2.24, 2.45) is 5.92 Å². The molecular formula is C15H22N2O3S. The van der Waals surface area contributed by atoms with E-state index < -0.39 is 6.04 Å². The monoisotopic (exact) mass is 310 g/mol. The lowest BCUT2D eigenvalue weighted by atomic mass is 9.93. The Labute approximate surface area is 129 Å². The van der Waals surface area contributed by atoms with Gasteiger partial charge < -0.3 is 15.3 Å². The molecule has 1 aromatic rings. The van der Waals surface area contributed by atoms with Gasteiger partial charge in [-0.2, -0.15) is 0 Å². The molecule has 1 aliphatic heterocycles. The number of amides is 2. The van der Waals surface area contributed by atoms with Gasteiger partial charge >= 0.3 is 0 Å². The van der Waals surface area contributed by atoms with Crippen molar-refractivity contribution >= 4 is 23.2 Å². The lowest BCUT2D eigenvalue weighted by molar-refractivity contribution is -0.137. The lowest BCUT2D eigenvalue weighted by Gasteiger charge is -2.38. The highest BCUT2D eigenvalue weighted by Crippen LogP contribution is 2.22. The molecule has 116 valence electrons. The molecule has 1 aromatic heterocycles. The fraction of sp³-hybridized carbons (Fsp3) is 0.600. The number of carbonyl (C=O) groups excluding carboxylic acids is 2. The first-order valence-corrected chi connectivity index (χ1v) is 8.16. The van der Waals surface area contributed by atoms with Crippen LogP contribution in [-0.4, -0.2) is 47.1 Å². The maximum atomic E-state index is 12.5. The largest absolute Gasteiger partial charge is 0.396 e. The number of piperidine rings is 1. The fourth-order valence-corrected chi connectivity index (χ4v) is 3.25. The number of rotatable bonds is 4. The number of hydrogen-bond acceptors (Lipinski definition) is 4. The Morgan fingerprint density at radius 1 is 1.52 bits per heavy atom. The highest BCUT2D eigenvalue weighted by molar-refractivity contribution is 7.12. The van der Waals surface area contributed by atoms with E-state index in [1.54, 1.807) is 17.9 Å². The van der Waals surface area contributed by atoms with E-state index in [0.29, 0.717) is 11.4 Å². The third kappa shape index (κ3) is 3.83. The molecule has 0 aromatic carbocycles. The van der Waals surface area contributed by atoms with Crippen LogP contribution in [0.15, 0.2) is 17.5 Å². The van der Waals surface area contributed by atoms with Crippen molar-refractivity contribution < 1.29 is 14.7 Å². The second-order valence-corrected chi connectivity index (χ2v) is 6.59. The summed E-state index contributed by atoms with van der Waals surface area (Å²) < 4.78 is 0. The summed E-state index contributed by atoms with van der Waals surface area (Å²) in [6.45, 7) is 4.39. The molecule has 2 amide bonds. The third-order valence-electron chi connectivity index (χ3n) is 3.98. The van der Waals surface area contributed by atoms with Gasteiger partial charge in [-0.3, -0.25) is 9.59 Å². The molecule has 2 rings (SSSR count). The van der Waals surface area contributed by atoms with Crippen LogP contribution in [0.4, 0.5) is 0 Å². The number of thiophene rings is 1. The Morgan fingerprint density at radius 3 is 2.90 bits per heavy atom. The Hall–Kier alpha value is -1.40. The summed E-state index contributed by atoms with van der Waals surface area (Å²) >= 11 is 1.35. The van der Waals surface area contributed by atoms with Crippen molar-refractivity contribution in [2.45, 2.75) is 38.8 Å². The Balaban J connectivity index is 1.96. The fourth-order valence-electron chi connectivity index (χ4n) is 2.62. The predicted molar refractivity (Wildman–Crippen MR) is 82.2 cm³/mol. The van der Waals surface area contributed by atoms with E-state index in [2.05, 4.69) is 5.32 Å². The minimum Gasteiger partial charge on any atom is -0.396 e. The Morgan fingerprint density at radius 2 is 2.29 bits per heavy atom. The molecule has 2 heterocycles. The molecule has 0 saturated carbocycles. The minimum atomic E-state index is -0.556. The number of carbonyl (C=O) groups is 2. The molecule has 3 atom stereocenters. The highest BCUT2D eigenvalue weighted by atomic mass is 32.1. The topological polar surface area (TPSA) is 69.6 Å². The van der Waals surface area contributed by atoms with Gasteiger partial charge in [-0.25, -0.2) is 0 Å². The zero-order valence-corrected chi connectivity index (χ0v) is 13.2. The van der Waals surface area contributed by atoms with Crippen molar-refractivity contribution in [1.29, 1.82) is 0 Å². The average Bonchev–Trinajstić information content (AvgIpc) is 3.01. The van der Waals surface area contributed by atoms with Crippen molar-refractivity contribution in [2.75, 3.05) is 13.2 Å². The van der Waals surface area contributed by atoms with Gasteiger partial charge in [0.1, 0.15) is 6.04 Å². The van der Waals surface area contributed by atoms with Gasteiger partial charge in [0, 0.05) is 19.2 Å². The van der Waals surface area contributed by atoms with Crippen LogP contribution in [0.5, 0.6) is 0 Å². The van der Waals surface area contributed by atoms with Gasteiger partial charge in [-0.05, 0) is 44.1 Å². The molecule has 0 radical (unpaired) electrons. The second-order valence-electron chi connectivity index (χ2n) is 5.64. The molecular weight excluding hydrogens is 288 g/mol. The van der Waals surface area contributed by atoms with Crippen LogP contribution >= 0.6 is 11.3 Å². The molecule has 0 bridgehead atoms. The maximum absolute atomic E-state index is 12.5. The molecule has 1 fully saturated rings. The summed E-state index contributed by atoms with van der Waals surface area (Å²) in [6, 6.07) is 3.15. The number of nitrogens with zero attached hydrogens (tertiary/aromatic N) is 1. The summed E-state index contributed by atoms with van der Waals surface area (Å²) in [4.78, 5) is 26.9. The van der Waals surface area contributed by atoms with E-state index in [-0.39, 0.29) is 30.4 Å². The van der Waals surface area contributed by atoms with Crippen LogP contribution in [-0.2, 0) is 4.79 Å². The molecule has 0 spiro atoms. The second kappa shape index (κ2) is 7.04. The summed E-state index contributed by atoms with van der Waals surface area (Å²) in [5, 5.41) is 13.9. The summed E-state index contributed by atoms with van der Waals surface area (Å²) in [7, 11) is 0. The van der Waals surface area contributed by atoms with Gasteiger partial charge in [0.25, 0.3) is 5.91 Å². The van der Waals surface area contributed by atoms with Gasteiger partial charge in [-0.1, -0.05) is 6.07 Å². The van der Waals surface area contributed by atoms with Crippen LogP contribution in [0.25, 0.3) is 0 Å². The van der Waals surface area contributed by atoms with Gasteiger partial charge in [-0.15, -0.1) is 11.3 Å². The van der Waals surface area contributed by atoms with E-state index >= 15 is 0 Å². The Kier molecular flexibility index (Phi) is 5.36. The number of aliphatic hydroxyl groups excluding tert-OH is 1. The van der Waals surface area contributed by atoms with Gasteiger partial charge in [0.15, 0.2) is 0 Å². The average molecular weight is 310 g/mol. The predicted octanol–water partition coefficient (Wildman–Crippen LogP) is 1.49. The molecule has 0 aliphatic carbocycles. The van der Waals surface area contributed by atoms with Crippen LogP contribution in [0.3, 0.4) is 0 Å². The lowest BCUT2D eigenvalue weighted by Crippen LogP contribution is -2.53. The number of nitrogens with one attached hydrogen (secondary N) is 1. The summed E-state index contributed by atoms with van der Waals surface area (Å²) in [5.41, 5.74) is 0. The smallest absolute Gasteiger partial charge is 0.261 e. The maximum Gasteiger partial charge on any atom is 0.261 e. The van der Waals surface area contributed by atoms with Crippen LogP contribution < -0.4 is 5.32 Å². The van der Waals surface area contributed by atoms with Crippen molar-refractivity contribution in [3.8, 4) is 0 Å². The molecule has 1 aliphatic rings. The number of hydrogen-bond donors (Lipinski definition) is 2. The zero-order chi connectivity index (χ0) is 15.4. The molecule has 3 unspecified atom stereocenters. The first-order valence-electron chi connectivity index (χ1n) is 7.28. The van der Waals surface area contributed by atoms with Crippen molar-refractivity contribution in [3.63, 3.8) is 0 Å². The van der Waals surface area contributed by atoms with Gasteiger partial charge in [0.05, 0.1) is 4.88 Å². The van der Waals surface area contributed by atoms with Crippen LogP contribution in [0.2, 0.25) is 0 Å². The summed E-state index contributed by atoms with van der Waals surface area (Å²) in [5.74, 6) is -0.148. The van der Waals surface area contributed by atoms with Gasteiger partial charge in [0.2, 0.25) is 5.91 Å². The van der Waals surface area contributed by atoms with Crippen molar-refractivity contribution in [3.05, 3.63) is 22.4 Å². The standard InChI is InChI=1S/C15H22N2O3S/c1-10-5-6-12(9-18)8-17(10)15(20)11(2)16-14(19)13-4-3-7-21-13/h3-4,7,10-12,18H,5-6,8-9H2,1-2H3,(H,16,19). The van der Waals surface area contributed by atoms with E-state index in [1.807, 2.05) is 18.4 Å². The normalized spacial score (nSPS) is 23.7.